The second kappa shape index (κ2) is 14.3. The van der Waals surface area contributed by atoms with E-state index in [1.54, 1.807) is 16.2 Å². The summed E-state index contributed by atoms with van der Waals surface area (Å²) < 4.78 is 10.2. The van der Waals surface area contributed by atoms with E-state index in [1.807, 2.05) is 42.9 Å². The summed E-state index contributed by atoms with van der Waals surface area (Å²) in [7, 11) is 0. The number of unbranched alkanes of at least 4 members (excludes halogenated alkanes) is 2. The van der Waals surface area contributed by atoms with Gasteiger partial charge in [0.1, 0.15) is 23.0 Å². The number of rotatable bonds is 9. The van der Waals surface area contributed by atoms with Gasteiger partial charge in [0.2, 0.25) is 11.8 Å². The average molecular weight is 715 g/mol. The summed E-state index contributed by atoms with van der Waals surface area (Å²) >= 11 is 1.64. The third-order valence-corrected chi connectivity index (χ3v) is 11.2. The molecule has 13 heteroatoms. The lowest BCUT2D eigenvalue weighted by Crippen LogP contribution is -2.52. The zero-order valence-electron chi connectivity index (χ0n) is 29.1. The number of hydrogen-bond donors (Lipinski definition) is 1. The zero-order valence-corrected chi connectivity index (χ0v) is 29.9. The Bertz CT molecular complexity index is 2240. The van der Waals surface area contributed by atoms with E-state index in [1.165, 1.54) is 5.56 Å². The average Bonchev–Trinajstić information content (AvgIpc) is 3.90. The summed E-state index contributed by atoms with van der Waals surface area (Å²) in [6, 6.07) is 15.6. The lowest BCUT2D eigenvalue weighted by Gasteiger charge is -2.29. The van der Waals surface area contributed by atoms with Gasteiger partial charge in [0.05, 0.1) is 17.7 Å². The van der Waals surface area contributed by atoms with E-state index in [2.05, 4.69) is 72.6 Å². The van der Waals surface area contributed by atoms with Gasteiger partial charge in [0.25, 0.3) is 5.91 Å². The van der Waals surface area contributed by atoms with E-state index in [9.17, 15) is 14.4 Å². The molecule has 52 heavy (non-hydrogen) atoms. The van der Waals surface area contributed by atoms with Crippen LogP contribution in [0.2, 0.25) is 0 Å². The molecular formula is C39H38N8O4S. The molecule has 3 aliphatic heterocycles. The van der Waals surface area contributed by atoms with Crippen molar-refractivity contribution in [1.29, 1.82) is 0 Å². The highest BCUT2D eigenvalue weighted by atomic mass is 32.1. The van der Waals surface area contributed by atoms with Crippen LogP contribution in [-0.4, -0.2) is 58.4 Å². The molecule has 1 saturated heterocycles. The van der Waals surface area contributed by atoms with Crippen LogP contribution in [0.5, 0.6) is 0 Å². The van der Waals surface area contributed by atoms with Gasteiger partial charge in [0.15, 0.2) is 11.5 Å². The molecule has 6 heterocycles. The van der Waals surface area contributed by atoms with Crippen LogP contribution in [0.25, 0.3) is 5.00 Å². The van der Waals surface area contributed by atoms with Crippen LogP contribution in [0.3, 0.4) is 0 Å². The number of benzene rings is 2. The number of carbonyl (C=O) groups is 3. The molecule has 1 fully saturated rings. The minimum Gasteiger partial charge on any atom is -0.366 e. The van der Waals surface area contributed by atoms with Crippen molar-refractivity contribution >= 4 is 29.1 Å². The van der Waals surface area contributed by atoms with Crippen molar-refractivity contribution in [2.24, 2.45) is 0 Å². The van der Waals surface area contributed by atoms with Crippen LogP contribution in [0.15, 0.2) is 54.7 Å². The predicted molar refractivity (Wildman–Crippen MR) is 192 cm³/mol. The van der Waals surface area contributed by atoms with Crippen LogP contribution in [0.4, 0.5) is 0 Å². The fraction of sp³-hybridized carbons (Fsp3) is 0.359. The molecule has 264 valence electrons. The quantitative estimate of drug-likeness (QED) is 0.128. The number of carbonyl (C=O) groups excluding carboxylic acids is 3. The Kier molecular flexibility index (Phi) is 9.25. The monoisotopic (exact) mass is 714 g/mol. The molecule has 8 rings (SSSR count). The summed E-state index contributed by atoms with van der Waals surface area (Å²) in [5.41, 5.74) is 6.87. The van der Waals surface area contributed by atoms with Gasteiger partial charge in [-0.25, -0.2) is 0 Å². The molecule has 0 spiro atoms. The standard InChI is InChI=1S/C39H38N8O4S/c1-24-36-43-41-25(2)47(36)39-32(23-51-24)30(20-26-10-5-3-6-11-26)34(52-39)17-15-28-21-45(44-42-28)19-8-4-7-12-27-13-9-14-29-31(27)22-46(38(29)50)33-16-18-35(48)40-37(33)49/h3,5-6,9-11,13-14,21,24,33H,4,7-8,12,16,18-20,22-23H2,1-2H3,(H,40,48,49)/t24-,33?/m0/s1. The molecule has 3 aromatic heterocycles. The zero-order chi connectivity index (χ0) is 35.8. The number of aromatic nitrogens is 6. The number of imide groups is 1. The first-order valence-corrected chi connectivity index (χ1v) is 18.6. The fourth-order valence-electron chi connectivity index (χ4n) is 7.32. The topological polar surface area (TPSA) is 137 Å². The molecule has 2 atom stereocenters. The Morgan fingerprint density at radius 2 is 1.85 bits per heavy atom. The molecule has 0 saturated carbocycles. The number of fused-ring (bicyclic) bond motifs is 4. The van der Waals surface area contributed by atoms with Crippen molar-refractivity contribution in [1.82, 2.24) is 40.0 Å². The van der Waals surface area contributed by atoms with E-state index < -0.39 is 6.04 Å². The highest BCUT2D eigenvalue weighted by molar-refractivity contribution is 7.15. The van der Waals surface area contributed by atoms with Crippen LogP contribution >= 0.6 is 11.3 Å². The molecule has 3 aliphatic rings. The number of hydrogen-bond acceptors (Lipinski definition) is 9. The Balaban J connectivity index is 0.912. The van der Waals surface area contributed by atoms with E-state index in [4.69, 9.17) is 4.74 Å². The van der Waals surface area contributed by atoms with E-state index >= 15 is 0 Å². The Labute approximate surface area is 305 Å². The second-order valence-corrected chi connectivity index (χ2v) is 14.5. The summed E-state index contributed by atoms with van der Waals surface area (Å²) in [4.78, 5) is 39.8. The molecule has 0 bridgehead atoms. The number of nitrogens with one attached hydrogen (secondary N) is 1. The van der Waals surface area contributed by atoms with Crippen molar-refractivity contribution in [2.75, 3.05) is 0 Å². The number of amides is 3. The predicted octanol–water partition coefficient (Wildman–Crippen LogP) is 4.98. The Morgan fingerprint density at radius 3 is 2.69 bits per heavy atom. The summed E-state index contributed by atoms with van der Waals surface area (Å²) in [5.74, 6) is 7.50. The minimum absolute atomic E-state index is 0.138. The van der Waals surface area contributed by atoms with Crippen molar-refractivity contribution < 1.29 is 19.1 Å². The minimum atomic E-state index is -0.606. The normalized spacial score (nSPS) is 18.0. The number of ether oxygens (including phenoxy) is 1. The van der Waals surface area contributed by atoms with Crippen molar-refractivity contribution in [3.63, 3.8) is 0 Å². The van der Waals surface area contributed by atoms with Crippen LogP contribution < -0.4 is 5.32 Å². The molecule has 12 nitrogen and oxygen atoms in total. The Morgan fingerprint density at radius 1 is 0.981 bits per heavy atom. The van der Waals surface area contributed by atoms with Gasteiger partial charge in [-0.1, -0.05) is 54.1 Å². The smallest absolute Gasteiger partial charge is 0.255 e. The molecule has 3 amide bonds. The van der Waals surface area contributed by atoms with Gasteiger partial charge in [0, 0.05) is 30.6 Å². The van der Waals surface area contributed by atoms with Crippen LogP contribution in [0, 0.1) is 18.8 Å². The molecule has 1 unspecified atom stereocenters. The van der Waals surface area contributed by atoms with Gasteiger partial charge < -0.3 is 9.64 Å². The molecule has 5 aromatic rings. The fourth-order valence-corrected chi connectivity index (χ4v) is 8.55. The lowest BCUT2D eigenvalue weighted by molar-refractivity contribution is -0.136. The third kappa shape index (κ3) is 6.55. The summed E-state index contributed by atoms with van der Waals surface area (Å²) in [6.07, 6.45) is 6.76. The van der Waals surface area contributed by atoms with E-state index in [0.717, 1.165) is 82.4 Å². The number of piperidine rings is 1. The van der Waals surface area contributed by atoms with Gasteiger partial charge in [-0.3, -0.25) is 28.9 Å². The summed E-state index contributed by atoms with van der Waals surface area (Å²) in [5, 5.41) is 20.9. The lowest BCUT2D eigenvalue weighted by atomic mass is 9.98. The number of nitrogens with zero attached hydrogens (tertiary/aromatic N) is 7. The highest BCUT2D eigenvalue weighted by Crippen LogP contribution is 2.39. The van der Waals surface area contributed by atoms with Crippen LogP contribution in [-0.2, 0) is 46.9 Å². The van der Waals surface area contributed by atoms with Gasteiger partial charge in [-0.2, -0.15) is 0 Å². The van der Waals surface area contributed by atoms with Crippen LogP contribution in [0.1, 0.15) is 106 Å². The van der Waals surface area contributed by atoms with Crippen molar-refractivity contribution in [2.45, 2.75) is 90.6 Å². The number of thiophene rings is 1. The number of aryl methyl sites for hydroxylation is 3. The van der Waals surface area contributed by atoms with Gasteiger partial charge in [-0.15, -0.1) is 26.6 Å². The molecule has 2 aromatic carbocycles. The van der Waals surface area contributed by atoms with Gasteiger partial charge >= 0.3 is 0 Å². The maximum Gasteiger partial charge on any atom is 0.255 e. The Hall–Kier alpha value is -5.45. The van der Waals surface area contributed by atoms with E-state index in [0.29, 0.717) is 30.8 Å². The maximum absolute atomic E-state index is 13.2. The molecule has 0 aliphatic carbocycles. The summed E-state index contributed by atoms with van der Waals surface area (Å²) in [6.45, 7) is 5.57. The van der Waals surface area contributed by atoms with Gasteiger partial charge in [-0.05, 0) is 86.1 Å². The maximum atomic E-state index is 13.2. The first-order chi connectivity index (χ1) is 25.3. The second-order valence-electron chi connectivity index (χ2n) is 13.5. The molecule has 0 radical (unpaired) electrons. The van der Waals surface area contributed by atoms with Crippen molar-refractivity contribution in [3.05, 3.63) is 110 Å². The largest absolute Gasteiger partial charge is 0.366 e. The molecule has 1 N–H and O–H groups in total. The molecular weight excluding hydrogens is 677 g/mol. The SMILES string of the molecule is Cc1nnc2n1-c1sc(C#Cc3cn(CCCCCc4cccc5c4CN(C4CCC(=O)NC4=O)C5=O)nn3)c(Cc3ccccc3)c1CO[C@H]2C. The van der Waals surface area contributed by atoms with E-state index in [-0.39, 0.29) is 30.2 Å². The van der Waals surface area contributed by atoms with Crippen molar-refractivity contribution in [3.8, 4) is 16.8 Å². The highest BCUT2D eigenvalue weighted by Gasteiger charge is 2.39. The first-order valence-electron chi connectivity index (χ1n) is 17.7. The third-order valence-electron chi connectivity index (χ3n) is 10.1. The first kappa shape index (κ1) is 33.7.